The number of hydrogen-bond acceptors (Lipinski definition) is 6. The van der Waals surface area contributed by atoms with Gasteiger partial charge >= 0.3 is 6.18 Å². The summed E-state index contributed by atoms with van der Waals surface area (Å²) in [4.78, 5) is 34.4. The van der Waals surface area contributed by atoms with Crippen molar-refractivity contribution in [3.8, 4) is 5.88 Å². The predicted octanol–water partition coefficient (Wildman–Crippen LogP) is 5.73. The molecule has 2 N–H and O–H groups in total. The molecule has 5 rings (SSSR count). The number of carbonyl (C=O) groups excluding carboxylic acids is 2. The van der Waals surface area contributed by atoms with Crippen LogP contribution in [-0.4, -0.2) is 50.1 Å². The minimum atomic E-state index is -4.43. The lowest BCUT2D eigenvalue weighted by molar-refractivity contribution is -0.144. The lowest BCUT2D eigenvalue weighted by Crippen LogP contribution is -2.37. The van der Waals surface area contributed by atoms with Crippen molar-refractivity contribution in [1.82, 2.24) is 30.2 Å². The number of pyridine rings is 1. The third kappa shape index (κ3) is 7.96. The highest BCUT2D eigenvalue weighted by Gasteiger charge is 2.40. The van der Waals surface area contributed by atoms with Crippen molar-refractivity contribution in [3.63, 3.8) is 0 Å². The van der Waals surface area contributed by atoms with Crippen LogP contribution in [0.2, 0.25) is 0 Å². The van der Waals surface area contributed by atoms with E-state index in [-0.39, 0.29) is 43.4 Å². The molecular formula is C29H33F5N6O3. The fourth-order valence-corrected chi connectivity index (χ4v) is 5.46. The maximum atomic E-state index is 14.0. The van der Waals surface area contributed by atoms with Crippen LogP contribution in [0.3, 0.4) is 0 Å². The number of nitrogens with one attached hydrogen (secondary N) is 2. The van der Waals surface area contributed by atoms with E-state index >= 15 is 0 Å². The second-order valence-electron chi connectivity index (χ2n) is 11.2. The minimum Gasteiger partial charge on any atom is -0.478 e. The maximum Gasteiger partial charge on any atom is 0.389 e. The summed E-state index contributed by atoms with van der Waals surface area (Å²) in [5, 5.41) is 10.1. The van der Waals surface area contributed by atoms with Crippen molar-refractivity contribution in [2.24, 2.45) is 11.8 Å². The number of amides is 2. The average Bonchev–Trinajstić information content (AvgIpc) is 3.71. The number of hydrogen-bond donors (Lipinski definition) is 2. The number of rotatable bonds is 11. The van der Waals surface area contributed by atoms with Crippen molar-refractivity contribution in [1.29, 1.82) is 0 Å². The highest BCUT2D eigenvalue weighted by atomic mass is 19.4. The zero-order chi connectivity index (χ0) is 30.8. The summed E-state index contributed by atoms with van der Waals surface area (Å²) in [6, 6.07) is 3.53. The van der Waals surface area contributed by atoms with Crippen LogP contribution < -0.4 is 15.4 Å². The third-order valence-electron chi connectivity index (χ3n) is 7.89. The molecule has 0 radical (unpaired) electrons. The van der Waals surface area contributed by atoms with Gasteiger partial charge in [-0.15, -0.1) is 0 Å². The van der Waals surface area contributed by atoms with Crippen LogP contribution in [0.4, 0.5) is 22.0 Å². The molecule has 14 heteroatoms. The van der Waals surface area contributed by atoms with Crippen molar-refractivity contribution < 1.29 is 36.3 Å². The van der Waals surface area contributed by atoms with E-state index in [0.717, 1.165) is 12.8 Å². The van der Waals surface area contributed by atoms with Gasteiger partial charge in [-0.05, 0) is 62.1 Å². The molecule has 3 aromatic rings. The largest absolute Gasteiger partial charge is 0.478 e. The Hall–Kier alpha value is -3.84. The number of alkyl halides is 5. The lowest BCUT2D eigenvalue weighted by Gasteiger charge is -2.33. The summed E-state index contributed by atoms with van der Waals surface area (Å²) < 4.78 is 72.8. The summed E-state index contributed by atoms with van der Waals surface area (Å²) in [6.07, 6.45) is -0.308. The zero-order valence-corrected chi connectivity index (χ0v) is 23.5. The molecule has 2 atom stereocenters. The van der Waals surface area contributed by atoms with Gasteiger partial charge in [0, 0.05) is 37.1 Å². The molecule has 0 aliphatic heterocycles. The van der Waals surface area contributed by atoms with Crippen LogP contribution in [0.15, 0.2) is 36.8 Å². The molecule has 0 bridgehead atoms. The van der Waals surface area contributed by atoms with E-state index in [1.807, 2.05) is 0 Å². The fraction of sp³-hybridized carbons (Fsp3) is 0.552. The molecular weight excluding hydrogens is 575 g/mol. The molecule has 232 valence electrons. The maximum absolute atomic E-state index is 14.0. The Balaban J connectivity index is 1.39. The Morgan fingerprint density at radius 2 is 1.81 bits per heavy atom. The van der Waals surface area contributed by atoms with Crippen LogP contribution in [0, 0.1) is 11.8 Å². The summed E-state index contributed by atoms with van der Waals surface area (Å²) in [5.41, 5.74) is 1.73. The number of ether oxygens (including phenoxy) is 1. The smallest absolute Gasteiger partial charge is 0.389 e. The number of nitrogens with zero attached hydrogens (tertiary/aromatic N) is 4. The second kappa shape index (κ2) is 12.4. The van der Waals surface area contributed by atoms with Gasteiger partial charge in [-0.1, -0.05) is 0 Å². The number of halogens is 5. The summed E-state index contributed by atoms with van der Waals surface area (Å²) in [7, 11) is 0. The Morgan fingerprint density at radius 3 is 2.49 bits per heavy atom. The number of carbonyl (C=O) groups is 2. The SMILES string of the molecule is CCOc1cc(C(=O)N[C@H](c2cn3ncc([C@H](NC(=O)CCC(F)(F)F)C4CC4)cc3n2)C2CCC(F)(F)CC2)ccn1. The Labute approximate surface area is 244 Å². The van der Waals surface area contributed by atoms with Crippen molar-refractivity contribution >= 4 is 17.5 Å². The standard InChI is InChI=1S/C29H33F5N6O3/c1-2-43-24-14-19(8-12-35-24)27(42)39-26(18-5-9-28(30,31)10-6-18)21-16-40-22(37-21)13-20(15-36-40)25(17-3-4-17)38-23(41)7-11-29(32,33)34/h8,12-18,25-26H,2-7,9-11H2,1H3,(H,38,41)(H,39,42)/t25-,26+/m1/s1. The van der Waals surface area contributed by atoms with E-state index < -0.39 is 48.8 Å². The number of aromatic nitrogens is 4. The van der Waals surface area contributed by atoms with Gasteiger partial charge in [-0.25, -0.2) is 23.3 Å². The Kier molecular flexibility index (Phi) is 8.84. The van der Waals surface area contributed by atoms with E-state index in [2.05, 4.69) is 25.7 Å². The first-order valence-corrected chi connectivity index (χ1v) is 14.4. The minimum absolute atomic E-state index is 0.0754. The van der Waals surface area contributed by atoms with Gasteiger partial charge < -0.3 is 15.4 Å². The first-order chi connectivity index (χ1) is 20.4. The number of imidazole rings is 1. The van der Waals surface area contributed by atoms with Gasteiger partial charge in [0.1, 0.15) is 0 Å². The Morgan fingerprint density at radius 1 is 1.09 bits per heavy atom. The first kappa shape index (κ1) is 30.6. The predicted molar refractivity (Wildman–Crippen MR) is 144 cm³/mol. The van der Waals surface area contributed by atoms with Crippen molar-refractivity contribution in [2.75, 3.05) is 6.61 Å². The summed E-state index contributed by atoms with van der Waals surface area (Å²) in [6.45, 7) is 2.16. The fourth-order valence-electron chi connectivity index (χ4n) is 5.46. The molecule has 2 amide bonds. The molecule has 0 unspecified atom stereocenters. The van der Waals surface area contributed by atoms with Gasteiger partial charge in [0.15, 0.2) is 5.65 Å². The zero-order valence-electron chi connectivity index (χ0n) is 23.5. The van der Waals surface area contributed by atoms with Crippen LogP contribution in [0.25, 0.3) is 5.65 Å². The summed E-state index contributed by atoms with van der Waals surface area (Å²) in [5.74, 6) is -3.85. The molecule has 2 saturated carbocycles. The number of fused-ring (bicyclic) bond motifs is 1. The van der Waals surface area contributed by atoms with Gasteiger partial charge in [-0.3, -0.25) is 9.59 Å². The highest BCUT2D eigenvalue weighted by molar-refractivity contribution is 5.94. The van der Waals surface area contributed by atoms with Gasteiger partial charge in [0.05, 0.1) is 43.2 Å². The molecule has 2 aliphatic rings. The van der Waals surface area contributed by atoms with Crippen molar-refractivity contribution in [3.05, 3.63) is 53.6 Å². The summed E-state index contributed by atoms with van der Waals surface area (Å²) >= 11 is 0. The molecule has 3 heterocycles. The molecule has 2 fully saturated rings. The van der Waals surface area contributed by atoms with Gasteiger partial charge in [0.2, 0.25) is 17.7 Å². The van der Waals surface area contributed by atoms with Crippen LogP contribution in [0.1, 0.15) is 92.0 Å². The third-order valence-corrected chi connectivity index (χ3v) is 7.89. The van der Waals surface area contributed by atoms with E-state index in [9.17, 15) is 31.5 Å². The average molecular weight is 609 g/mol. The van der Waals surface area contributed by atoms with Crippen LogP contribution in [0.5, 0.6) is 5.88 Å². The topological polar surface area (TPSA) is 111 Å². The van der Waals surface area contributed by atoms with E-state index in [1.54, 1.807) is 19.2 Å². The van der Waals surface area contributed by atoms with E-state index in [4.69, 9.17) is 4.74 Å². The molecule has 0 spiro atoms. The van der Waals surface area contributed by atoms with Gasteiger partial charge in [0.25, 0.3) is 5.91 Å². The monoisotopic (exact) mass is 608 g/mol. The molecule has 3 aromatic heterocycles. The van der Waals surface area contributed by atoms with E-state index in [1.165, 1.54) is 29.0 Å². The second-order valence-corrected chi connectivity index (χ2v) is 11.2. The molecule has 0 aromatic carbocycles. The van der Waals surface area contributed by atoms with Crippen LogP contribution >= 0.6 is 0 Å². The highest BCUT2D eigenvalue weighted by Crippen LogP contribution is 2.43. The Bertz CT molecular complexity index is 1450. The molecule has 2 aliphatic carbocycles. The molecule has 43 heavy (non-hydrogen) atoms. The van der Waals surface area contributed by atoms with Crippen molar-refractivity contribution in [2.45, 2.75) is 82.5 Å². The quantitative estimate of drug-likeness (QED) is 0.269. The normalized spacial score (nSPS) is 18.7. The van der Waals surface area contributed by atoms with E-state index in [0.29, 0.717) is 29.1 Å². The lowest BCUT2D eigenvalue weighted by atomic mass is 9.81. The first-order valence-electron chi connectivity index (χ1n) is 14.4. The van der Waals surface area contributed by atoms with Crippen LogP contribution in [-0.2, 0) is 4.79 Å². The molecule has 9 nitrogen and oxygen atoms in total. The molecule has 0 saturated heterocycles. The van der Waals surface area contributed by atoms with Gasteiger partial charge in [-0.2, -0.15) is 18.3 Å².